The van der Waals surface area contributed by atoms with Crippen molar-refractivity contribution >= 4 is 23.4 Å². The largest absolute Gasteiger partial charge is 0.343 e. The van der Waals surface area contributed by atoms with Crippen molar-refractivity contribution in [3.05, 3.63) is 63.3 Å². The fraction of sp³-hybridized carbons (Fsp3) is 0.278. The van der Waals surface area contributed by atoms with Crippen LogP contribution in [-0.4, -0.2) is 22.0 Å². The maximum atomic E-state index is 13.8. The van der Waals surface area contributed by atoms with Gasteiger partial charge in [0.05, 0.1) is 11.5 Å². The summed E-state index contributed by atoms with van der Waals surface area (Å²) in [6.07, 6.45) is 4.87. The monoisotopic (exact) mass is 357 g/mol. The quantitative estimate of drug-likeness (QED) is 0.638. The van der Waals surface area contributed by atoms with Crippen molar-refractivity contribution in [1.82, 2.24) is 9.97 Å². The molecule has 0 saturated heterocycles. The second kappa shape index (κ2) is 6.15. The maximum absolute atomic E-state index is 13.8. The number of halogens is 1. The first kappa shape index (κ1) is 16.1. The predicted octanol–water partition coefficient (Wildman–Crippen LogP) is 3.05. The Morgan fingerprint density at radius 3 is 2.88 bits per heavy atom. The molecule has 0 amide bonds. The molecule has 2 atom stereocenters. The van der Waals surface area contributed by atoms with Crippen LogP contribution in [0.1, 0.15) is 29.9 Å². The molecule has 1 aromatic heterocycles. The first-order chi connectivity index (χ1) is 12.1. The van der Waals surface area contributed by atoms with E-state index in [1.807, 2.05) is 12.3 Å². The molecule has 5 nitrogen and oxygen atoms in total. The number of benzene rings is 1. The Labute approximate surface area is 147 Å². The third-order valence-corrected chi connectivity index (χ3v) is 5.26. The smallest absolute Gasteiger partial charge is 0.257 e. The average molecular weight is 357 g/mol. The summed E-state index contributed by atoms with van der Waals surface area (Å²) in [7, 11) is 0. The van der Waals surface area contributed by atoms with Crippen LogP contribution in [0.2, 0.25) is 0 Å². The number of H-pyrrole nitrogens is 1. The zero-order valence-electron chi connectivity index (χ0n) is 13.5. The summed E-state index contributed by atoms with van der Waals surface area (Å²) in [5.74, 6) is -0.946. The van der Waals surface area contributed by atoms with Gasteiger partial charge in [0.25, 0.3) is 5.56 Å². The molecule has 0 radical (unpaired) electrons. The normalized spacial score (nSPS) is 21.8. The minimum absolute atomic E-state index is 0.0539. The van der Waals surface area contributed by atoms with Gasteiger partial charge in [0.1, 0.15) is 17.4 Å². The van der Waals surface area contributed by atoms with Crippen LogP contribution >= 0.6 is 11.8 Å². The summed E-state index contributed by atoms with van der Waals surface area (Å²) in [4.78, 5) is 32.5. The van der Waals surface area contributed by atoms with Crippen LogP contribution in [0, 0.1) is 11.7 Å². The van der Waals surface area contributed by atoms with Crippen LogP contribution in [0.15, 0.2) is 46.0 Å². The molecule has 128 valence electrons. The maximum Gasteiger partial charge on any atom is 0.257 e. The summed E-state index contributed by atoms with van der Waals surface area (Å²) in [6, 6.07) is 6.09. The van der Waals surface area contributed by atoms with Crippen molar-refractivity contribution in [3.63, 3.8) is 0 Å². The molecule has 2 N–H and O–H groups in total. The van der Waals surface area contributed by atoms with Crippen molar-refractivity contribution < 1.29 is 9.18 Å². The summed E-state index contributed by atoms with van der Waals surface area (Å²) < 4.78 is 13.8. The number of nitrogens with zero attached hydrogens (tertiary/aromatic N) is 1. The van der Waals surface area contributed by atoms with Gasteiger partial charge in [-0.15, -0.1) is 0 Å². The van der Waals surface area contributed by atoms with Gasteiger partial charge in [-0.05, 0) is 30.4 Å². The van der Waals surface area contributed by atoms with E-state index in [4.69, 9.17) is 0 Å². The van der Waals surface area contributed by atoms with Crippen molar-refractivity contribution in [1.29, 1.82) is 0 Å². The minimum Gasteiger partial charge on any atom is -0.343 e. The lowest BCUT2D eigenvalue weighted by Gasteiger charge is -2.36. The molecule has 4 rings (SSSR count). The van der Waals surface area contributed by atoms with Crippen LogP contribution in [0.5, 0.6) is 0 Å². The molecular formula is C18H16FN3O2S. The number of thioether (sulfide) groups is 1. The molecule has 2 aromatic rings. The van der Waals surface area contributed by atoms with Gasteiger partial charge in [0.2, 0.25) is 0 Å². The topological polar surface area (TPSA) is 74.8 Å². The summed E-state index contributed by atoms with van der Waals surface area (Å²) in [6.45, 7) is 0. The van der Waals surface area contributed by atoms with Gasteiger partial charge in [0, 0.05) is 18.0 Å². The molecule has 0 saturated carbocycles. The third kappa shape index (κ3) is 2.68. The molecule has 2 heterocycles. The van der Waals surface area contributed by atoms with Crippen molar-refractivity contribution in [2.24, 2.45) is 5.92 Å². The minimum atomic E-state index is -0.543. The molecular weight excluding hydrogens is 341 g/mol. The molecule has 25 heavy (non-hydrogen) atoms. The van der Waals surface area contributed by atoms with Gasteiger partial charge in [-0.3, -0.25) is 9.59 Å². The number of aromatic amines is 1. The lowest BCUT2D eigenvalue weighted by Crippen LogP contribution is -2.38. The number of aromatic nitrogens is 2. The average Bonchev–Trinajstić information content (AvgIpc) is 2.60. The van der Waals surface area contributed by atoms with E-state index in [0.29, 0.717) is 34.9 Å². The Morgan fingerprint density at radius 2 is 2.12 bits per heavy atom. The number of fused-ring (bicyclic) bond motifs is 2. The second-order valence-electron chi connectivity index (χ2n) is 6.14. The fourth-order valence-electron chi connectivity index (χ4n) is 3.62. The van der Waals surface area contributed by atoms with E-state index in [1.54, 1.807) is 12.1 Å². The summed E-state index contributed by atoms with van der Waals surface area (Å²) in [5, 5.41) is 3.66. The Morgan fingerprint density at radius 1 is 1.28 bits per heavy atom. The van der Waals surface area contributed by atoms with E-state index in [9.17, 15) is 14.0 Å². The zero-order chi connectivity index (χ0) is 17.6. The highest BCUT2D eigenvalue weighted by atomic mass is 32.2. The van der Waals surface area contributed by atoms with Gasteiger partial charge in [-0.25, -0.2) is 9.37 Å². The third-order valence-electron chi connectivity index (χ3n) is 4.68. The van der Waals surface area contributed by atoms with Crippen LogP contribution in [0.4, 0.5) is 10.2 Å². The van der Waals surface area contributed by atoms with Gasteiger partial charge in [-0.2, -0.15) is 0 Å². The van der Waals surface area contributed by atoms with E-state index in [0.717, 1.165) is 5.70 Å². The number of hydrogen-bond acceptors (Lipinski definition) is 5. The molecule has 1 aliphatic carbocycles. The van der Waals surface area contributed by atoms with Crippen molar-refractivity contribution in [2.45, 2.75) is 23.9 Å². The van der Waals surface area contributed by atoms with Crippen molar-refractivity contribution in [3.8, 4) is 0 Å². The lowest BCUT2D eigenvalue weighted by molar-refractivity contribution is -0.122. The fourth-order valence-corrected chi connectivity index (χ4v) is 4.00. The SMILES string of the molecule is CSc1nc2c(c(=O)[nH]1)[C@H](c1cccc(F)c1)[C@H]1C(=O)CCC=C1N2. The zero-order valence-corrected chi connectivity index (χ0v) is 14.3. The number of carbonyl (C=O) groups is 1. The molecule has 7 heteroatoms. The van der Waals surface area contributed by atoms with Crippen LogP contribution in [-0.2, 0) is 4.79 Å². The number of hydrogen-bond donors (Lipinski definition) is 2. The number of nitrogens with one attached hydrogen (secondary N) is 2. The number of rotatable bonds is 2. The number of carbonyl (C=O) groups excluding carboxylic acids is 1. The van der Waals surface area contributed by atoms with E-state index in [1.165, 1.54) is 23.9 Å². The summed E-state index contributed by atoms with van der Waals surface area (Å²) in [5.41, 5.74) is 1.45. The van der Waals surface area contributed by atoms with Gasteiger partial charge in [-0.1, -0.05) is 30.0 Å². The Kier molecular flexibility index (Phi) is 3.95. The molecule has 0 unspecified atom stereocenters. The highest BCUT2D eigenvalue weighted by Crippen LogP contribution is 2.44. The van der Waals surface area contributed by atoms with Crippen LogP contribution in [0.25, 0.3) is 0 Å². The summed E-state index contributed by atoms with van der Waals surface area (Å²) >= 11 is 1.33. The Balaban J connectivity index is 1.98. The van der Waals surface area contributed by atoms with E-state index in [-0.39, 0.29) is 11.3 Å². The molecule has 1 aliphatic heterocycles. The van der Waals surface area contributed by atoms with E-state index < -0.39 is 17.7 Å². The van der Waals surface area contributed by atoms with E-state index in [2.05, 4.69) is 15.3 Å². The van der Waals surface area contributed by atoms with Crippen LogP contribution in [0.3, 0.4) is 0 Å². The number of Topliss-reactive ketones (excluding diaryl/α,β-unsaturated/α-hetero) is 1. The first-order valence-corrected chi connectivity index (χ1v) is 9.24. The number of allylic oxidation sites excluding steroid dienone is 2. The Bertz CT molecular complexity index is 954. The second-order valence-corrected chi connectivity index (χ2v) is 6.93. The highest BCUT2D eigenvalue weighted by molar-refractivity contribution is 7.98. The van der Waals surface area contributed by atoms with Gasteiger partial charge < -0.3 is 10.3 Å². The Hall–Kier alpha value is -2.41. The first-order valence-electron chi connectivity index (χ1n) is 8.02. The van der Waals surface area contributed by atoms with Crippen LogP contribution < -0.4 is 10.9 Å². The molecule has 2 aliphatic rings. The van der Waals surface area contributed by atoms with Gasteiger partial charge >= 0.3 is 0 Å². The van der Waals surface area contributed by atoms with Crippen molar-refractivity contribution in [2.75, 3.05) is 11.6 Å². The molecule has 0 bridgehead atoms. The molecule has 0 fully saturated rings. The number of anilines is 1. The lowest BCUT2D eigenvalue weighted by atomic mass is 9.72. The predicted molar refractivity (Wildman–Crippen MR) is 94.3 cm³/mol. The highest BCUT2D eigenvalue weighted by Gasteiger charge is 2.42. The molecule has 1 aromatic carbocycles. The van der Waals surface area contributed by atoms with Gasteiger partial charge in [0.15, 0.2) is 5.16 Å². The van der Waals surface area contributed by atoms with E-state index >= 15 is 0 Å². The number of ketones is 1. The molecule has 0 spiro atoms. The standard InChI is InChI=1S/C18H16FN3O2S/c1-25-18-21-16-15(17(24)22-18)13(9-4-2-5-10(19)8-9)14-11(20-16)6-3-7-12(14)23/h2,4-6,8,13-14H,3,7H2,1H3,(H2,20,21,22,24)/t13-,14-/m1/s1.